The number of hydrogen-bond acceptors (Lipinski definition) is 4. The van der Waals surface area contributed by atoms with Crippen molar-refractivity contribution in [2.75, 3.05) is 6.61 Å². The van der Waals surface area contributed by atoms with Gasteiger partial charge in [0.15, 0.2) is 0 Å². The maximum Gasteiger partial charge on any atom is 0.238 e. The third kappa shape index (κ3) is 4.53. The fourth-order valence-electron chi connectivity index (χ4n) is 1.51. The van der Waals surface area contributed by atoms with Gasteiger partial charge in [-0.05, 0) is 37.1 Å². The molecule has 0 radical (unpaired) electrons. The van der Waals surface area contributed by atoms with Crippen LogP contribution in [0.5, 0.6) is 5.75 Å². The Labute approximate surface area is 112 Å². The van der Waals surface area contributed by atoms with Gasteiger partial charge in [-0.25, -0.2) is 13.6 Å². The Hall–Kier alpha value is -1.60. The molecule has 2 rings (SSSR count). The van der Waals surface area contributed by atoms with Crippen molar-refractivity contribution < 1.29 is 17.9 Å². The smallest absolute Gasteiger partial charge is 0.238 e. The zero-order valence-corrected chi connectivity index (χ0v) is 11.2. The summed E-state index contributed by atoms with van der Waals surface area (Å²) in [6, 6.07) is 6.11. The van der Waals surface area contributed by atoms with Crippen molar-refractivity contribution in [2.45, 2.75) is 30.2 Å². The highest BCUT2D eigenvalue weighted by Crippen LogP contribution is 2.18. The van der Waals surface area contributed by atoms with E-state index in [4.69, 9.17) is 9.88 Å². The normalized spacial score (nSPS) is 15.0. The fourth-order valence-corrected chi connectivity index (χ4v) is 2.03. The first-order chi connectivity index (χ1) is 8.95. The maximum absolute atomic E-state index is 11.4. The minimum absolute atomic E-state index is 0.0244. The lowest BCUT2D eigenvalue weighted by atomic mass is 10.3. The first-order valence-electron chi connectivity index (χ1n) is 6.00. The zero-order valence-electron chi connectivity index (χ0n) is 10.3. The largest absolute Gasteiger partial charge is 0.493 e. The number of carbonyl (C=O) groups excluding carboxylic acids is 1. The van der Waals surface area contributed by atoms with Gasteiger partial charge in [0, 0.05) is 6.04 Å². The van der Waals surface area contributed by atoms with E-state index in [1.54, 1.807) is 0 Å². The van der Waals surface area contributed by atoms with E-state index in [0.717, 1.165) is 12.8 Å². The van der Waals surface area contributed by atoms with Crippen molar-refractivity contribution >= 4 is 15.9 Å². The van der Waals surface area contributed by atoms with Crippen LogP contribution in [0.4, 0.5) is 0 Å². The van der Waals surface area contributed by atoms with Gasteiger partial charge in [-0.3, -0.25) is 4.79 Å². The lowest BCUT2D eigenvalue weighted by Crippen LogP contribution is -2.26. The molecule has 1 aliphatic rings. The molecule has 19 heavy (non-hydrogen) atoms. The summed E-state index contributed by atoms with van der Waals surface area (Å²) in [7, 11) is -3.68. The van der Waals surface area contributed by atoms with Crippen LogP contribution in [0.1, 0.15) is 19.3 Å². The summed E-state index contributed by atoms with van der Waals surface area (Å²) in [6.45, 7) is 0.257. The van der Waals surface area contributed by atoms with E-state index >= 15 is 0 Å². The summed E-state index contributed by atoms with van der Waals surface area (Å²) in [6.07, 6.45) is 2.40. The molecule has 3 N–H and O–H groups in total. The van der Waals surface area contributed by atoms with Crippen LogP contribution in [0.25, 0.3) is 0 Å². The van der Waals surface area contributed by atoms with E-state index in [-0.39, 0.29) is 23.8 Å². The van der Waals surface area contributed by atoms with E-state index in [1.165, 1.54) is 24.3 Å². The van der Waals surface area contributed by atoms with Crippen molar-refractivity contribution in [2.24, 2.45) is 5.14 Å². The number of nitrogens with two attached hydrogens (primary N) is 1. The molecule has 0 bridgehead atoms. The zero-order chi connectivity index (χ0) is 13.9. The minimum atomic E-state index is -3.68. The molecule has 1 aromatic rings. The third-order valence-corrected chi connectivity index (χ3v) is 3.62. The van der Waals surface area contributed by atoms with Gasteiger partial charge < -0.3 is 10.1 Å². The van der Waals surface area contributed by atoms with Crippen LogP contribution in [0, 0.1) is 0 Å². The van der Waals surface area contributed by atoms with Crippen LogP contribution >= 0.6 is 0 Å². The quantitative estimate of drug-likeness (QED) is 0.789. The number of primary sulfonamides is 1. The molecule has 1 aliphatic carbocycles. The predicted octanol–water partition coefficient (Wildman–Crippen LogP) is 0.381. The number of benzene rings is 1. The van der Waals surface area contributed by atoms with Gasteiger partial charge in [-0.2, -0.15) is 0 Å². The van der Waals surface area contributed by atoms with Crippen LogP contribution in [0.15, 0.2) is 29.2 Å². The summed E-state index contributed by atoms with van der Waals surface area (Å²) < 4.78 is 27.4. The summed E-state index contributed by atoms with van der Waals surface area (Å²) >= 11 is 0. The van der Waals surface area contributed by atoms with Crippen LogP contribution in [-0.4, -0.2) is 27.0 Å². The number of carbonyl (C=O) groups is 1. The molecule has 104 valence electrons. The number of hydrogen-bond donors (Lipinski definition) is 2. The van der Waals surface area contributed by atoms with Crippen LogP contribution in [0.2, 0.25) is 0 Å². The van der Waals surface area contributed by atoms with Crippen molar-refractivity contribution in [1.82, 2.24) is 5.32 Å². The van der Waals surface area contributed by atoms with Crippen molar-refractivity contribution in [1.29, 1.82) is 0 Å². The molecule has 0 aliphatic heterocycles. The molecule has 7 heteroatoms. The first kappa shape index (κ1) is 13.8. The average molecular weight is 284 g/mol. The lowest BCUT2D eigenvalue weighted by Gasteiger charge is -2.07. The van der Waals surface area contributed by atoms with Gasteiger partial charge in [0.2, 0.25) is 15.9 Å². The van der Waals surface area contributed by atoms with E-state index in [1.807, 2.05) is 0 Å². The number of amides is 1. The van der Waals surface area contributed by atoms with Gasteiger partial charge >= 0.3 is 0 Å². The van der Waals surface area contributed by atoms with Gasteiger partial charge in [-0.15, -0.1) is 0 Å². The van der Waals surface area contributed by atoms with E-state index in [2.05, 4.69) is 5.32 Å². The Morgan fingerprint density at radius 1 is 1.32 bits per heavy atom. The summed E-state index contributed by atoms with van der Waals surface area (Å²) in [5.41, 5.74) is 0. The molecular formula is C12H16N2O4S. The number of rotatable bonds is 6. The maximum atomic E-state index is 11.4. The van der Waals surface area contributed by atoms with E-state index < -0.39 is 10.0 Å². The minimum Gasteiger partial charge on any atom is -0.493 e. The molecule has 0 spiro atoms. The lowest BCUT2D eigenvalue weighted by molar-refractivity contribution is -0.121. The fraction of sp³-hybridized carbons (Fsp3) is 0.417. The van der Waals surface area contributed by atoms with Crippen molar-refractivity contribution in [3.63, 3.8) is 0 Å². The average Bonchev–Trinajstić information content (AvgIpc) is 3.12. The van der Waals surface area contributed by atoms with Crippen LogP contribution < -0.4 is 15.2 Å². The third-order valence-electron chi connectivity index (χ3n) is 2.69. The summed E-state index contributed by atoms with van der Waals surface area (Å²) in [5, 5.41) is 7.83. The van der Waals surface area contributed by atoms with Crippen molar-refractivity contribution in [3.05, 3.63) is 24.3 Å². The second-order valence-electron chi connectivity index (χ2n) is 4.46. The van der Waals surface area contributed by atoms with Crippen molar-refractivity contribution in [3.8, 4) is 5.75 Å². The summed E-state index contributed by atoms with van der Waals surface area (Å²) in [4.78, 5) is 11.4. The Morgan fingerprint density at radius 2 is 1.95 bits per heavy atom. The molecule has 0 heterocycles. The Kier molecular flexibility index (Phi) is 4.06. The number of ether oxygens (including phenoxy) is 1. The number of nitrogens with one attached hydrogen (secondary N) is 1. The molecule has 0 unspecified atom stereocenters. The molecule has 1 aromatic carbocycles. The molecule has 0 atom stereocenters. The molecule has 1 saturated carbocycles. The first-order valence-corrected chi connectivity index (χ1v) is 7.55. The van der Waals surface area contributed by atoms with Gasteiger partial charge in [0.25, 0.3) is 0 Å². The number of sulfonamides is 1. The van der Waals surface area contributed by atoms with Gasteiger partial charge in [0.1, 0.15) is 5.75 Å². The molecule has 1 amide bonds. The Morgan fingerprint density at radius 3 is 2.47 bits per heavy atom. The van der Waals surface area contributed by atoms with Crippen LogP contribution in [0.3, 0.4) is 0 Å². The van der Waals surface area contributed by atoms with Gasteiger partial charge in [0.05, 0.1) is 17.9 Å². The molecule has 0 saturated heterocycles. The highest BCUT2D eigenvalue weighted by atomic mass is 32.2. The van der Waals surface area contributed by atoms with Crippen LogP contribution in [-0.2, 0) is 14.8 Å². The molecule has 1 fully saturated rings. The summed E-state index contributed by atoms with van der Waals surface area (Å²) in [5.74, 6) is 0.482. The predicted molar refractivity (Wildman–Crippen MR) is 69.1 cm³/mol. The molecule has 6 nitrogen and oxygen atoms in total. The highest BCUT2D eigenvalue weighted by molar-refractivity contribution is 7.89. The monoisotopic (exact) mass is 284 g/mol. The van der Waals surface area contributed by atoms with Gasteiger partial charge in [-0.1, -0.05) is 0 Å². The standard InChI is InChI=1S/C12H16N2O4S/c13-19(16,17)11-5-3-10(4-6-11)18-8-7-12(15)14-9-1-2-9/h3-6,9H,1-2,7-8H2,(H,14,15)(H2,13,16,17). The second-order valence-corrected chi connectivity index (χ2v) is 6.02. The molecule has 0 aromatic heterocycles. The Bertz CT molecular complexity index is 550. The van der Waals surface area contributed by atoms with E-state index in [0.29, 0.717) is 11.8 Å². The Balaban J connectivity index is 1.78. The second kappa shape index (κ2) is 5.58. The topological polar surface area (TPSA) is 98.5 Å². The van der Waals surface area contributed by atoms with E-state index in [9.17, 15) is 13.2 Å². The highest BCUT2D eigenvalue weighted by Gasteiger charge is 2.22. The SMILES string of the molecule is NS(=O)(=O)c1ccc(OCCC(=O)NC2CC2)cc1. The molecular weight excluding hydrogens is 268 g/mol.